The summed E-state index contributed by atoms with van der Waals surface area (Å²) in [5.74, 6) is 1.18. The predicted octanol–water partition coefficient (Wildman–Crippen LogP) is 3.25. The molecule has 0 saturated carbocycles. The molecule has 4 rings (SSSR count). The third-order valence-corrected chi connectivity index (χ3v) is 5.93. The highest BCUT2D eigenvalue weighted by Crippen LogP contribution is 2.39. The number of amides is 1. The Labute approximate surface area is 181 Å². The SMILES string of the molecule is COc1cccc(OC)c1OC1CCN(C(=O)C2(C)Cc3ccccc3C(=O)O2)CC1. The molecule has 2 aromatic carbocycles. The van der Waals surface area contributed by atoms with Crippen LogP contribution in [0.4, 0.5) is 0 Å². The lowest BCUT2D eigenvalue weighted by Crippen LogP contribution is -2.55. The molecule has 1 fully saturated rings. The molecule has 2 aliphatic rings. The second kappa shape index (κ2) is 8.49. The number of likely N-dealkylation sites (tertiary alicyclic amines) is 1. The molecule has 1 amide bonds. The van der Waals surface area contributed by atoms with Crippen LogP contribution in [0, 0.1) is 0 Å². The van der Waals surface area contributed by atoms with Crippen molar-refractivity contribution >= 4 is 11.9 Å². The molecule has 0 aliphatic carbocycles. The van der Waals surface area contributed by atoms with Gasteiger partial charge in [0.15, 0.2) is 17.1 Å². The van der Waals surface area contributed by atoms with Gasteiger partial charge >= 0.3 is 5.97 Å². The van der Waals surface area contributed by atoms with Gasteiger partial charge < -0.3 is 23.8 Å². The van der Waals surface area contributed by atoms with E-state index >= 15 is 0 Å². The van der Waals surface area contributed by atoms with Crippen LogP contribution in [0.5, 0.6) is 17.2 Å². The van der Waals surface area contributed by atoms with Gasteiger partial charge in [-0.2, -0.15) is 0 Å². The summed E-state index contributed by atoms with van der Waals surface area (Å²) in [5, 5.41) is 0. The van der Waals surface area contributed by atoms with Gasteiger partial charge in [-0.1, -0.05) is 24.3 Å². The number of methoxy groups -OCH3 is 2. The highest BCUT2D eigenvalue weighted by molar-refractivity contribution is 5.97. The van der Waals surface area contributed by atoms with Gasteiger partial charge in [-0.25, -0.2) is 4.79 Å². The Kier molecular flexibility index (Phi) is 5.76. The molecule has 31 heavy (non-hydrogen) atoms. The van der Waals surface area contributed by atoms with Gasteiger partial charge in [-0.05, 0) is 30.7 Å². The van der Waals surface area contributed by atoms with Crippen molar-refractivity contribution in [1.29, 1.82) is 0 Å². The van der Waals surface area contributed by atoms with Crippen LogP contribution in [0.15, 0.2) is 42.5 Å². The zero-order chi connectivity index (χ0) is 22.0. The van der Waals surface area contributed by atoms with Gasteiger partial charge in [0.05, 0.1) is 19.8 Å². The van der Waals surface area contributed by atoms with Gasteiger partial charge in [0, 0.05) is 32.4 Å². The van der Waals surface area contributed by atoms with Crippen molar-refractivity contribution in [2.24, 2.45) is 0 Å². The summed E-state index contributed by atoms with van der Waals surface area (Å²) in [6.45, 7) is 2.75. The number of hydrogen-bond donors (Lipinski definition) is 0. The molecule has 0 spiro atoms. The van der Waals surface area contributed by atoms with E-state index in [9.17, 15) is 9.59 Å². The first-order valence-corrected chi connectivity index (χ1v) is 10.4. The third kappa shape index (κ3) is 4.04. The molecule has 0 N–H and O–H groups in total. The molecule has 164 valence electrons. The Morgan fingerprint density at radius 2 is 1.68 bits per heavy atom. The van der Waals surface area contributed by atoms with E-state index in [4.69, 9.17) is 18.9 Å². The van der Waals surface area contributed by atoms with Crippen molar-refractivity contribution in [2.45, 2.75) is 37.9 Å². The number of cyclic esters (lactones) is 1. The third-order valence-electron chi connectivity index (χ3n) is 5.93. The summed E-state index contributed by atoms with van der Waals surface area (Å²) < 4.78 is 22.6. The number of ether oxygens (including phenoxy) is 4. The van der Waals surface area contributed by atoms with E-state index in [1.165, 1.54) is 0 Å². The Balaban J connectivity index is 1.42. The first-order chi connectivity index (χ1) is 14.9. The molecule has 1 saturated heterocycles. The maximum absolute atomic E-state index is 13.3. The Morgan fingerprint density at radius 3 is 2.32 bits per heavy atom. The van der Waals surface area contributed by atoms with Crippen molar-refractivity contribution in [3.8, 4) is 17.2 Å². The predicted molar refractivity (Wildman–Crippen MR) is 114 cm³/mol. The molecule has 1 atom stereocenters. The number of carbonyl (C=O) groups is 2. The Bertz CT molecular complexity index is 960. The zero-order valence-corrected chi connectivity index (χ0v) is 18.1. The van der Waals surface area contributed by atoms with Crippen LogP contribution in [0.25, 0.3) is 0 Å². The van der Waals surface area contributed by atoms with E-state index in [0.717, 1.165) is 5.56 Å². The van der Waals surface area contributed by atoms with E-state index in [1.54, 1.807) is 38.2 Å². The normalized spacial score (nSPS) is 21.1. The lowest BCUT2D eigenvalue weighted by atomic mass is 9.88. The van der Waals surface area contributed by atoms with Crippen LogP contribution >= 0.6 is 0 Å². The van der Waals surface area contributed by atoms with E-state index in [-0.39, 0.29) is 12.0 Å². The topological polar surface area (TPSA) is 74.3 Å². The highest BCUT2D eigenvalue weighted by Gasteiger charge is 2.45. The van der Waals surface area contributed by atoms with Gasteiger partial charge in [0.25, 0.3) is 5.91 Å². The second-order valence-electron chi connectivity index (χ2n) is 8.06. The Hall–Kier alpha value is -3.22. The number of nitrogens with zero attached hydrogens (tertiary/aromatic N) is 1. The minimum Gasteiger partial charge on any atom is -0.493 e. The molecular formula is C24H27NO6. The summed E-state index contributed by atoms with van der Waals surface area (Å²) in [4.78, 5) is 27.5. The number of piperidine rings is 1. The second-order valence-corrected chi connectivity index (χ2v) is 8.06. The molecule has 0 radical (unpaired) electrons. The molecule has 7 heteroatoms. The number of rotatable bonds is 5. The molecule has 7 nitrogen and oxygen atoms in total. The number of esters is 1. The van der Waals surface area contributed by atoms with Crippen molar-refractivity contribution < 1.29 is 28.5 Å². The molecule has 2 aliphatic heterocycles. The maximum Gasteiger partial charge on any atom is 0.339 e. The fraction of sp³-hybridized carbons (Fsp3) is 0.417. The minimum atomic E-state index is -1.19. The summed E-state index contributed by atoms with van der Waals surface area (Å²) in [7, 11) is 3.18. The van der Waals surface area contributed by atoms with Crippen molar-refractivity contribution in [2.75, 3.05) is 27.3 Å². The largest absolute Gasteiger partial charge is 0.493 e. The Morgan fingerprint density at radius 1 is 1.03 bits per heavy atom. The number of benzene rings is 2. The van der Waals surface area contributed by atoms with Crippen molar-refractivity contribution in [1.82, 2.24) is 4.90 Å². The summed E-state index contributed by atoms with van der Waals surface area (Å²) >= 11 is 0. The summed E-state index contributed by atoms with van der Waals surface area (Å²) in [6.07, 6.45) is 1.63. The van der Waals surface area contributed by atoms with Gasteiger partial charge in [0.2, 0.25) is 5.75 Å². The van der Waals surface area contributed by atoms with E-state index < -0.39 is 11.6 Å². The van der Waals surface area contributed by atoms with E-state index in [1.807, 2.05) is 30.3 Å². The van der Waals surface area contributed by atoms with Gasteiger partial charge in [0.1, 0.15) is 6.10 Å². The van der Waals surface area contributed by atoms with Crippen LogP contribution in [-0.2, 0) is 16.0 Å². The first kappa shape index (κ1) is 21.0. The average molecular weight is 425 g/mol. The molecular weight excluding hydrogens is 398 g/mol. The molecule has 1 unspecified atom stereocenters. The van der Waals surface area contributed by atoms with Gasteiger partial charge in [-0.3, -0.25) is 4.79 Å². The van der Waals surface area contributed by atoms with Gasteiger partial charge in [-0.15, -0.1) is 0 Å². The smallest absolute Gasteiger partial charge is 0.339 e. The van der Waals surface area contributed by atoms with E-state index in [0.29, 0.717) is 55.2 Å². The quantitative estimate of drug-likeness (QED) is 0.685. The fourth-order valence-corrected chi connectivity index (χ4v) is 4.26. The van der Waals surface area contributed by atoms with Crippen LogP contribution in [-0.4, -0.2) is 55.8 Å². The molecule has 0 bridgehead atoms. The average Bonchev–Trinajstić information content (AvgIpc) is 2.79. The van der Waals surface area contributed by atoms with Crippen LogP contribution in [0.1, 0.15) is 35.7 Å². The molecule has 2 aromatic rings. The number of hydrogen-bond acceptors (Lipinski definition) is 6. The molecule has 0 aromatic heterocycles. The first-order valence-electron chi connectivity index (χ1n) is 10.4. The zero-order valence-electron chi connectivity index (χ0n) is 18.1. The van der Waals surface area contributed by atoms with Crippen LogP contribution in [0.3, 0.4) is 0 Å². The van der Waals surface area contributed by atoms with Crippen molar-refractivity contribution in [3.05, 3.63) is 53.6 Å². The standard InChI is InChI=1S/C24H27NO6/c1-24(15-16-7-4-5-8-18(16)22(26)31-24)23(27)25-13-11-17(12-14-25)30-21-19(28-2)9-6-10-20(21)29-3/h4-10,17H,11-15H2,1-3H3. The number of para-hydroxylation sites is 1. The monoisotopic (exact) mass is 425 g/mol. The van der Waals surface area contributed by atoms with Crippen LogP contribution in [0.2, 0.25) is 0 Å². The van der Waals surface area contributed by atoms with Crippen LogP contribution < -0.4 is 14.2 Å². The number of carbonyl (C=O) groups excluding carboxylic acids is 2. The summed E-state index contributed by atoms with van der Waals surface area (Å²) in [6, 6.07) is 12.8. The summed E-state index contributed by atoms with van der Waals surface area (Å²) in [5.41, 5.74) is 0.187. The molecule has 2 heterocycles. The van der Waals surface area contributed by atoms with E-state index in [2.05, 4.69) is 0 Å². The lowest BCUT2D eigenvalue weighted by molar-refractivity contribution is -0.153. The van der Waals surface area contributed by atoms with Crippen molar-refractivity contribution in [3.63, 3.8) is 0 Å². The number of fused-ring (bicyclic) bond motifs is 1. The maximum atomic E-state index is 13.3. The fourth-order valence-electron chi connectivity index (χ4n) is 4.26. The lowest BCUT2D eigenvalue weighted by Gasteiger charge is -2.40. The minimum absolute atomic E-state index is 0.0725. The highest BCUT2D eigenvalue weighted by atomic mass is 16.6.